The number of imide groups is 1. The highest BCUT2D eigenvalue weighted by molar-refractivity contribution is 6.25. The number of rotatable bonds is 11. The lowest BCUT2D eigenvalue weighted by Gasteiger charge is -2.46. The normalized spacial score (nSPS) is 23.2. The van der Waals surface area contributed by atoms with E-state index >= 15 is 19.2 Å². The van der Waals surface area contributed by atoms with Crippen LogP contribution in [0, 0.1) is 23.7 Å². The summed E-state index contributed by atoms with van der Waals surface area (Å²) in [4.78, 5) is 82.3. The maximum atomic E-state index is 16.9. The summed E-state index contributed by atoms with van der Waals surface area (Å²) in [6, 6.07) is 32.9. The van der Waals surface area contributed by atoms with Crippen LogP contribution in [0.4, 0.5) is 10.5 Å². The lowest BCUT2D eigenvalue weighted by atomic mass is 9.64. The van der Waals surface area contributed by atoms with Crippen LogP contribution in [0.3, 0.4) is 0 Å². The third kappa shape index (κ3) is 9.07. The maximum Gasteiger partial charge on any atom is 0.329 e. The Morgan fingerprint density at radius 3 is 2.06 bits per heavy atom. The molecule has 5 aromatic rings. The number of morpholine rings is 1. The van der Waals surface area contributed by atoms with Crippen LogP contribution in [0.5, 0.6) is 11.5 Å². The van der Waals surface area contributed by atoms with Gasteiger partial charge < -0.3 is 34.3 Å². The van der Waals surface area contributed by atoms with Crippen molar-refractivity contribution in [2.45, 2.75) is 81.6 Å². The van der Waals surface area contributed by atoms with Crippen LogP contribution < -0.4 is 19.7 Å². The summed E-state index contributed by atoms with van der Waals surface area (Å²) >= 11 is 0. The van der Waals surface area contributed by atoms with Crippen LogP contribution in [0.25, 0.3) is 0 Å². The van der Waals surface area contributed by atoms with Crippen molar-refractivity contribution in [2.24, 2.45) is 11.8 Å². The first-order chi connectivity index (χ1) is 35.0. The number of urea groups is 1. The Balaban J connectivity index is 1.38. The van der Waals surface area contributed by atoms with E-state index < -0.39 is 77.3 Å². The zero-order chi connectivity index (χ0) is 50.5. The highest BCUT2D eigenvalue weighted by atomic mass is 16.6. The molecule has 0 bridgehead atoms. The topological polar surface area (TPSA) is 164 Å². The van der Waals surface area contributed by atoms with Crippen LogP contribution >= 0.6 is 0 Å². The summed E-state index contributed by atoms with van der Waals surface area (Å²) < 4.78 is 23.6. The number of carbonyl (C=O) groups is 5. The number of para-hydroxylation sites is 1. The predicted molar refractivity (Wildman–Crippen MR) is 269 cm³/mol. The summed E-state index contributed by atoms with van der Waals surface area (Å²) in [6.45, 7) is 3.84. The van der Waals surface area contributed by atoms with Gasteiger partial charge in [0.1, 0.15) is 41.7 Å². The number of hydrogen-bond donors (Lipinski definition) is 2. The van der Waals surface area contributed by atoms with Crippen molar-refractivity contribution in [3.63, 3.8) is 0 Å². The molecular weight excluding hydrogens is 913 g/mol. The highest BCUT2D eigenvalue weighted by Crippen LogP contribution is 2.67. The summed E-state index contributed by atoms with van der Waals surface area (Å²) in [7, 11) is 2.81. The van der Waals surface area contributed by atoms with Gasteiger partial charge in [-0.25, -0.2) is 14.5 Å². The first-order valence-electron chi connectivity index (χ1n) is 24.8. The molecule has 0 radical (unpaired) electrons. The van der Waals surface area contributed by atoms with E-state index in [-0.39, 0.29) is 24.5 Å². The van der Waals surface area contributed by atoms with E-state index in [1.54, 1.807) is 74.4 Å². The van der Waals surface area contributed by atoms with Crippen LogP contribution in [0.1, 0.15) is 97.5 Å². The number of esters is 2. The molecule has 4 heterocycles. The van der Waals surface area contributed by atoms with E-state index in [1.807, 2.05) is 83.8 Å². The molecule has 5 aromatic carbocycles. The summed E-state index contributed by atoms with van der Waals surface area (Å²) in [5.74, 6) is 2.87. The first-order valence-corrected chi connectivity index (χ1v) is 24.8. The van der Waals surface area contributed by atoms with Crippen molar-refractivity contribution in [3.8, 4) is 23.3 Å². The van der Waals surface area contributed by atoms with Crippen LogP contribution in [-0.2, 0) is 34.1 Å². The molecule has 372 valence electrons. The molecule has 3 fully saturated rings. The zero-order valence-electron chi connectivity index (χ0n) is 41.0. The molecule has 72 heavy (non-hydrogen) atoms. The number of amides is 4. The van der Waals surface area contributed by atoms with Gasteiger partial charge in [0.05, 0.1) is 44.5 Å². The Morgan fingerprint density at radius 1 is 0.778 bits per heavy atom. The van der Waals surface area contributed by atoms with Gasteiger partial charge in [-0.2, -0.15) is 0 Å². The summed E-state index contributed by atoms with van der Waals surface area (Å²) in [5, 5.41) is 13.0. The summed E-state index contributed by atoms with van der Waals surface area (Å²) in [5.41, 5.74) is 1.34. The second-order valence-electron chi connectivity index (χ2n) is 19.0. The predicted octanol–water partition coefficient (Wildman–Crippen LogP) is 7.83. The van der Waals surface area contributed by atoms with E-state index in [2.05, 4.69) is 17.2 Å². The molecule has 14 nitrogen and oxygen atoms in total. The molecule has 0 saturated carbocycles. The third-order valence-corrected chi connectivity index (χ3v) is 14.5. The van der Waals surface area contributed by atoms with Crippen molar-refractivity contribution in [1.82, 2.24) is 15.1 Å². The van der Waals surface area contributed by atoms with Gasteiger partial charge in [0.15, 0.2) is 0 Å². The van der Waals surface area contributed by atoms with Crippen molar-refractivity contribution < 1.29 is 48.0 Å². The molecule has 4 amide bonds. The monoisotopic (exact) mass is 972 g/mol. The summed E-state index contributed by atoms with van der Waals surface area (Å²) in [6.07, 6.45) is 3.29. The number of hydrogen-bond acceptors (Lipinski definition) is 11. The van der Waals surface area contributed by atoms with Gasteiger partial charge in [0, 0.05) is 29.8 Å². The molecule has 7 atom stereocenters. The lowest BCUT2D eigenvalue weighted by molar-refractivity contribution is -0.179. The molecule has 9 rings (SSSR count). The number of anilines is 1. The van der Waals surface area contributed by atoms with Crippen LogP contribution in [0.2, 0.25) is 0 Å². The SMILES string of the molecule is COC(=O)[C@@H](NC(=O)N1C(=O)[C@@]2(c3cc(C#Cc4ccc(OC)cc4)ccc31)[C@H](C(=O)N1CCCCCCC1)[C@H]1C(=O)O[C@H](c3ccccc3)[C@H](c3ccccc3)N1[C@@H]2c1ccccc1OCCO)C(C)C. The Bertz CT molecular complexity index is 2860. The molecule has 1 spiro atoms. The van der Waals surface area contributed by atoms with E-state index in [9.17, 15) is 9.90 Å². The van der Waals surface area contributed by atoms with Crippen LogP contribution in [0.15, 0.2) is 127 Å². The van der Waals surface area contributed by atoms with Gasteiger partial charge in [-0.05, 0) is 84.0 Å². The standard InChI is InChI=1S/C58H60N4O10/c1-37(2)48(54(65)70-4)59-57(68)61-45-31-28-39(25-24-38-26-29-42(69-3)30-27-38)36-44(45)58(56(61)67)47(53(64)60-32-16-6-5-7-17-33-60)50-55(66)72-51(41-20-12-9-13-21-41)49(40-18-10-8-11-19-40)62(50)52(58)43-22-14-15-23-46(43)71-35-34-63/h8-15,18-23,26-31,36-37,47-52,63H,5-7,16-17,32-35H2,1-4H3,(H,59,68)/t47-,48-,49-,50-,51+,52+,58-/m0/s1. The average Bonchev–Trinajstić information content (AvgIpc) is 3.85. The number of benzene rings is 5. The molecule has 0 aromatic heterocycles. The molecule has 3 saturated heterocycles. The van der Waals surface area contributed by atoms with E-state index in [0.717, 1.165) is 29.7 Å². The minimum atomic E-state index is -2.09. The zero-order valence-corrected chi connectivity index (χ0v) is 41.0. The quantitative estimate of drug-likeness (QED) is 0.0980. The molecule has 0 aliphatic carbocycles. The number of ether oxygens (including phenoxy) is 4. The first kappa shape index (κ1) is 49.5. The van der Waals surface area contributed by atoms with Crippen LogP contribution in [-0.4, -0.2) is 97.3 Å². The van der Waals surface area contributed by atoms with Crippen molar-refractivity contribution in [2.75, 3.05) is 45.4 Å². The number of aliphatic hydroxyl groups excluding tert-OH is 1. The third-order valence-electron chi connectivity index (χ3n) is 14.5. The number of likely N-dealkylation sites (tertiary alicyclic amines) is 1. The fourth-order valence-electron chi connectivity index (χ4n) is 11.2. The number of nitrogens with zero attached hydrogens (tertiary/aromatic N) is 3. The number of cyclic esters (lactones) is 1. The van der Waals surface area contributed by atoms with E-state index in [0.29, 0.717) is 59.7 Å². The minimum Gasteiger partial charge on any atom is -0.497 e. The van der Waals surface area contributed by atoms with Crippen molar-refractivity contribution in [3.05, 3.63) is 161 Å². The van der Waals surface area contributed by atoms with Gasteiger partial charge in [-0.3, -0.25) is 19.3 Å². The number of methoxy groups -OCH3 is 2. The molecule has 4 aliphatic rings. The number of carbonyl (C=O) groups excluding carboxylic acids is 5. The van der Waals surface area contributed by atoms with E-state index in [4.69, 9.17) is 18.9 Å². The molecular formula is C58H60N4O10. The van der Waals surface area contributed by atoms with Crippen molar-refractivity contribution >= 4 is 35.5 Å². The highest BCUT2D eigenvalue weighted by Gasteiger charge is 2.76. The van der Waals surface area contributed by atoms with E-state index in [1.165, 1.54) is 7.11 Å². The fourth-order valence-corrected chi connectivity index (χ4v) is 11.2. The Hall–Kier alpha value is -7.47. The van der Waals surface area contributed by atoms with Crippen molar-refractivity contribution in [1.29, 1.82) is 0 Å². The fraction of sp³-hybridized carbons (Fsp3) is 0.362. The molecule has 14 heteroatoms. The second kappa shape index (κ2) is 21.5. The van der Waals surface area contributed by atoms with Gasteiger partial charge in [-0.15, -0.1) is 0 Å². The largest absolute Gasteiger partial charge is 0.497 e. The van der Waals surface area contributed by atoms with Gasteiger partial charge in [0.25, 0.3) is 0 Å². The van der Waals surface area contributed by atoms with Gasteiger partial charge in [-0.1, -0.05) is 124 Å². The second-order valence-corrected chi connectivity index (χ2v) is 19.0. The minimum absolute atomic E-state index is 0.110. The Labute approximate surface area is 420 Å². The number of nitrogens with one attached hydrogen (secondary N) is 1. The average molecular weight is 973 g/mol. The molecule has 2 N–H and O–H groups in total. The van der Waals surface area contributed by atoms with Gasteiger partial charge in [0.2, 0.25) is 11.8 Å². The maximum absolute atomic E-state index is 16.9. The number of aliphatic hydroxyl groups is 1. The molecule has 4 aliphatic heterocycles. The van der Waals surface area contributed by atoms with Gasteiger partial charge >= 0.3 is 18.0 Å². The number of fused-ring (bicyclic) bond motifs is 3. The Morgan fingerprint density at radius 2 is 1.40 bits per heavy atom. The smallest absolute Gasteiger partial charge is 0.329 e. The Kier molecular flexibility index (Phi) is 14.8. The lowest BCUT2D eigenvalue weighted by Crippen LogP contribution is -2.58. The molecule has 0 unspecified atom stereocenters.